The van der Waals surface area contributed by atoms with Crippen LogP contribution in [0.4, 0.5) is 0 Å². The van der Waals surface area contributed by atoms with Crippen LogP contribution in [0.25, 0.3) is 0 Å². The van der Waals surface area contributed by atoms with Crippen LogP contribution in [0, 0.1) is 0 Å². The van der Waals surface area contributed by atoms with Crippen LogP contribution in [0.1, 0.15) is 23.5 Å². The van der Waals surface area contributed by atoms with Crippen molar-refractivity contribution in [3.05, 3.63) is 46.7 Å². The largest absolute Gasteiger partial charge is 0.477 e. The van der Waals surface area contributed by atoms with Gasteiger partial charge in [0.25, 0.3) is 0 Å². The first-order valence-corrected chi connectivity index (χ1v) is 5.91. The third kappa shape index (κ3) is 2.45. The summed E-state index contributed by atoms with van der Waals surface area (Å²) in [5.41, 5.74) is 8.00. The number of rotatable bonds is 3. The van der Waals surface area contributed by atoms with E-state index in [0.29, 0.717) is 12.0 Å². The van der Waals surface area contributed by atoms with Crippen LogP contribution in [0.5, 0.6) is 0 Å². The lowest BCUT2D eigenvalue weighted by molar-refractivity contribution is -0.141. The van der Waals surface area contributed by atoms with Gasteiger partial charge in [-0.2, -0.15) is 0 Å². The standard InChI is InChI=1S/C14H15NO4/c1-19-12(16)7-10-9-5-3-2-4-8(9)6-11(10)13(15)14(17)18/h2-5,10H,6-7,15H2,1H3,(H,17,18). The average molecular weight is 261 g/mol. The number of aliphatic carboxylic acids is 1. The molecule has 2 rings (SSSR count). The molecule has 3 N–H and O–H groups in total. The SMILES string of the molecule is COC(=O)CC1C(=C(N)C(=O)O)Cc2ccccc21. The molecule has 1 aromatic rings. The lowest BCUT2D eigenvalue weighted by Gasteiger charge is -2.13. The van der Waals surface area contributed by atoms with Gasteiger partial charge in [0.05, 0.1) is 13.5 Å². The summed E-state index contributed by atoms with van der Waals surface area (Å²) in [6, 6.07) is 7.56. The number of ether oxygens (including phenoxy) is 1. The molecule has 19 heavy (non-hydrogen) atoms. The predicted octanol–water partition coefficient (Wildman–Crippen LogP) is 1.19. The molecular formula is C14H15NO4. The lowest BCUT2D eigenvalue weighted by Crippen LogP contribution is -2.17. The van der Waals surface area contributed by atoms with E-state index < -0.39 is 5.97 Å². The second-order valence-corrected chi connectivity index (χ2v) is 4.45. The summed E-state index contributed by atoms with van der Waals surface area (Å²) in [6.45, 7) is 0. The lowest BCUT2D eigenvalue weighted by atomic mass is 9.93. The number of esters is 1. The molecule has 5 heteroatoms. The molecule has 5 nitrogen and oxygen atoms in total. The van der Waals surface area contributed by atoms with Gasteiger partial charge < -0.3 is 15.6 Å². The van der Waals surface area contributed by atoms with E-state index in [1.54, 1.807) is 0 Å². The van der Waals surface area contributed by atoms with Gasteiger partial charge in [0.2, 0.25) is 0 Å². The second kappa shape index (κ2) is 5.14. The second-order valence-electron chi connectivity index (χ2n) is 4.45. The normalized spacial score (nSPS) is 19.7. The molecule has 0 aromatic heterocycles. The molecule has 0 saturated carbocycles. The Bertz CT molecular complexity index is 562. The molecule has 0 aliphatic heterocycles. The van der Waals surface area contributed by atoms with Crippen molar-refractivity contribution >= 4 is 11.9 Å². The molecule has 0 heterocycles. The van der Waals surface area contributed by atoms with Crippen molar-refractivity contribution in [3.8, 4) is 0 Å². The van der Waals surface area contributed by atoms with E-state index in [1.165, 1.54) is 7.11 Å². The van der Waals surface area contributed by atoms with Gasteiger partial charge in [0, 0.05) is 5.92 Å². The van der Waals surface area contributed by atoms with E-state index in [1.807, 2.05) is 24.3 Å². The van der Waals surface area contributed by atoms with Crippen molar-refractivity contribution in [3.63, 3.8) is 0 Å². The molecule has 1 aliphatic carbocycles. The fraction of sp³-hybridized carbons (Fsp3) is 0.286. The maximum atomic E-state index is 11.5. The maximum absolute atomic E-state index is 11.5. The van der Waals surface area contributed by atoms with Crippen LogP contribution >= 0.6 is 0 Å². The summed E-state index contributed by atoms with van der Waals surface area (Å²) in [7, 11) is 1.31. The van der Waals surface area contributed by atoms with Gasteiger partial charge in [-0.3, -0.25) is 4.79 Å². The van der Waals surface area contributed by atoms with E-state index in [-0.39, 0.29) is 24.0 Å². The van der Waals surface area contributed by atoms with Gasteiger partial charge in [-0.1, -0.05) is 24.3 Å². The Balaban J connectivity index is 2.45. The topological polar surface area (TPSA) is 89.6 Å². The van der Waals surface area contributed by atoms with Gasteiger partial charge in [-0.15, -0.1) is 0 Å². The zero-order valence-electron chi connectivity index (χ0n) is 10.6. The molecule has 1 atom stereocenters. The third-order valence-corrected chi connectivity index (χ3v) is 3.41. The molecule has 0 amide bonds. The fourth-order valence-electron chi connectivity index (χ4n) is 2.45. The Morgan fingerprint density at radius 2 is 2.11 bits per heavy atom. The van der Waals surface area contributed by atoms with Crippen molar-refractivity contribution in [1.82, 2.24) is 0 Å². The Labute approximate surface area is 110 Å². The molecule has 0 spiro atoms. The summed E-state index contributed by atoms with van der Waals surface area (Å²) in [5, 5.41) is 9.03. The third-order valence-electron chi connectivity index (χ3n) is 3.41. The molecular weight excluding hydrogens is 246 g/mol. The minimum atomic E-state index is -1.15. The Morgan fingerprint density at radius 1 is 1.42 bits per heavy atom. The number of fused-ring (bicyclic) bond motifs is 1. The first-order valence-electron chi connectivity index (χ1n) is 5.91. The molecule has 0 fully saturated rings. The van der Waals surface area contributed by atoms with Crippen LogP contribution in [0.3, 0.4) is 0 Å². The number of allylic oxidation sites excluding steroid dienone is 1. The molecule has 100 valence electrons. The number of carboxylic acids is 1. The summed E-state index contributed by atoms with van der Waals surface area (Å²) in [6.07, 6.45) is 0.576. The molecule has 0 bridgehead atoms. The monoisotopic (exact) mass is 261 g/mol. The van der Waals surface area contributed by atoms with Gasteiger partial charge in [-0.25, -0.2) is 4.79 Å². The molecule has 1 aromatic carbocycles. The minimum Gasteiger partial charge on any atom is -0.477 e. The van der Waals surface area contributed by atoms with Crippen LogP contribution in [0.2, 0.25) is 0 Å². The van der Waals surface area contributed by atoms with Gasteiger partial charge in [0.1, 0.15) is 5.70 Å². The first-order chi connectivity index (χ1) is 9.04. The van der Waals surface area contributed by atoms with Crippen LogP contribution in [-0.2, 0) is 20.7 Å². The number of carboxylic acid groups (broad SMARTS) is 1. The minimum absolute atomic E-state index is 0.108. The zero-order chi connectivity index (χ0) is 14.0. The maximum Gasteiger partial charge on any atom is 0.351 e. The Morgan fingerprint density at radius 3 is 2.74 bits per heavy atom. The fourth-order valence-corrected chi connectivity index (χ4v) is 2.45. The van der Waals surface area contributed by atoms with E-state index in [0.717, 1.165) is 11.1 Å². The van der Waals surface area contributed by atoms with Gasteiger partial charge in [-0.05, 0) is 23.1 Å². The highest BCUT2D eigenvalue weighted by Gasteiger charge is 2.32. The quantitative estimate of drug-likeness (QED) is 0.630. The Hall–Kier alpha value is -2.30. The average Bonchev–Trinajstić information content (AvgIpc) is 2.76. The highest BCUT2D eigenvalue weighted by atomic mass is 16.5. The van der Waals surface area contributed by atoms with Gasteiger partial charge >= 0.3 is 11.9 Å². The number of nitrogens with two attached hydrogens (primary N) is 1. The number of methoxy groups -OCH3 is 1. The van der Waals surface area contributed by atoms with E-state index in [9.17, 15) is 9.59 Å². The summed E-state index contributed by atoms with van der Waals surface area (Å²) in [4.78, 5) is 22.5. The van der Waals surface area contributed by atoms with Crippen LogP contribution in [0.15, 0.2) is 35.5 Å². The molecule has 0 radical (unpaired) electrons. The van der Waals surface area contributed by atoms with Crippen molar-refractivity contribution in [2.75, 3.05) is 7.11 Å². The number of hydrogen-bond acceptors (Lipinski definition) is 4. The molecule has 0 saturated heterocycles. The van der Waals surface area contributed by atoms with E-state index in [2.05, 4.69) is 4.74 Å². The van der Waals surface area contributed by atoms with E-state index in [4.69, 9.17) is 10.8 Å². The molecule has 1 aliphatic rings. The number of hydrogen-bond donors (Lipinski definition) is 2. The highest BCUT2D eigenvalue weighted by Crippen LogP contribution is 2.40. The van der Waals surface area contributed by atoms with Crippen molar-refractivity contribution in [2.45, 2.75) is 18.8 Å². The summed E-state index contributed by atoms with van der Waals surface area (Å²) >= 11 is 0. The zero-order valence-corrected chi connectivity index (χ0v) is 10.6. The van der Waals surface area contributed by atoms with Crippen LogP contribution < -0.4 is 5.73 Å². The Kier molecular flexibility index (Phi) is 3.55. The van der Waals surface area contributed by atoms with Crippen molar-refractivity contribution < 1.29 is 19.4 Å². The number of carbonyl (C=O) groups excluding carboxylic acids is 1. The van der Waals surface area contributed by atoms with E-state index >= 15 is 0 Å². The van der Waals surface area contributed by atoms with Crippen LogP contribution in [-0.4, -0.2) is 24.2 Å². The smallest absolute Gasteiger partial charge is 0.351 e. The predicted molar refractivity (Wildman–Crippen MR) is 68.4 cm³/mol. The summed E-state index contributed by atoms with van der Waals surface area (Å²) < 4.78 is 4.67. The van der Waals surface area contributed by atoms with Crippen molar-refractivity contribution in [1.29, 1.82) is 0 Å². The van der Waals surface area contributed by atoms with Gasteiger partial charge in [0.15, 0.2) is 0 Å². The number of benzene rings is 1. The molecule has 1 unspecified atom stereocenters. The highest BCUT2D eigenvalue weighted by molar-refractivity contribution is 5.87. The summed E-state index contributed by atoms with van der Waals surface area (Å²) in [5.74, 6) is -1.84. The van der Waals surface area contributed by atoms with Crippen molar-refractivity contribution in [2.24, 2.45) is 5.73 Å². The first kappa shape index (κ1) is 13.1. The number of carbonyl (C=O) groups is 2.